The topological polar surface area (TPSA) is 92.3 Å². The van der Waals surface area contributed by atoms with Crippen LogP contribution in [0.3, 0.4) is 0 Å². The van der Waals surface area contributed by atoms with Gasteiger partial charge in [-0.3, -0.25) is 0 Å². The molecule has 0 atom stereocenters. The summed E-state index contributed by atoms with van der Waals surface area (Å²) in [5.74, 6) is -4.40. The molecule has 170 valence electrons. The Morgan fingerprint density at radius 2 is 0.969 bits per heavy atom. The van der Waals surface area contributed by atoms with Gasteiger partial charge >= 0.3 is 0 Å². The minimum absolute atomic E-state index is 0.331. The Morgan fingerprint density at radius 3 is 1.31 bits per heavy atom. The van der Waals surface area contributed by atoms with Crippen molar-refractivity contribution in [2.45, 2.75) is 22.9 Å². The molecule has 0 saturated carbocycles. The number of nitrogens with one attached hydrogen (secondary N) is 2. The highest BCUT2D eigenvalue weighted by atomic mass is 32.2. The van der Waals surface area contributed by atoms with Gasteiger partial charge in [0, 0.05) is 25.2 Å². The molecule has 0 spiro atoms. The van der Waals surface area contributed by atoms with Crippen LogP contribution in [0.1, 0.15) is 11.1 Å². The van der Waals surface area contributed by atoms with E-state index >= 15 is 0 Å². The Morgan fingerprint density at radius 1 is 0.594 bits per heavy atom. The largest absolute Gasteiger partial charge is 0.243 e. The van der Waals surface area contributed by atoms with Crippen LogP contribution in [0.2, 0.25) is 0 Å². The first-order valence-electron chi connectivity index (χ1n) is 8.96. The van der Waals surface area contributed by atoms with E-state index in [0.29, 0.717) is 23.3 Å². The van der Waals surface area contributed by atoms with Crippen LogP contribution in [0.15, 0.2) is 70.5 Å². The van der Waals surface area contributed by atoms with Crippen LogP contribution < -0.4 is 9.44 Å². The summed E-state index contributed by atoms with van der Waals surface area (Å²) in [5.41, 5.74) is 0.696. The molecule has 6 nitrogen and oxygen atoms in total. The molecule has 32 heavy (non-hydrogen) atoms. The lowest BCUT2D eigenvalue weighted by Gasteiger charge is -2.13. The van der Waals surface area contributed by atoms with E-state index in [-0.39, 0.29) is 13.1 Å². The van der Waals surface area contributed by atoms with E-state index in [1.807, 2.05) is 0 Å². The lowest BCUT2D eigenvalue weighted by Crippen LogP contribution is -2.27. The van der Waals surface area contributed by atoms with Crippen LogP contribution >= 0.6 is 0 Å². The van der Waals surface area contributed by atoms with Crippen molar-refractivity contribution < 1.29 is 34.4 Å². The van der Waals surface area contributed by atoms with Crippen molar-refractivity contribution in [2.24, 2.45) is 0 Å². The van der Waals surface area contributed by atoms with E-state index < -0.39 is 53.1 Å². The Balaban J connectivity index is 1.76. The highest BCUT2D eigenvalue weighted by Crippen LogP contribution is 2.18. The van der Waals surface area contributed by atoms with Gasteiger partial charge in [-0.25, -0.2) is 43.8 Å². The molecule has 0 fully saturated rings. The maximum atomic E-state index is 13.8. The summed E-state index contributed by atoms with van der Waals surface area (Å²) in [4.78, 5) is -1.49. The first-order valence-corrected chi connectivity index (χ1v) is 11.9. The molecule has 12 heteroatoms. The summed E-state index contributed by atoms with van der Waals surface area (Å²) >= 11 is 0. The van der Waals surface area contributed by atoms with E-state index in [1.165, 1.54) is 12.1 Å². The van der Waals surface area contributed by atoms with E-state index in [4.69, 9.17) is 0 Å². The number of benzene rings is 3. The molecule has 3 aromatic carbocycles. The predicted molar refractivity (Wildman–Crippen MR) is 107 cm³/mol. The zero-order valence-electron chi connectivity index (χ0n) is 16.1. The molecule has 0 unspecified atom stereocenters. The monoisotopic (exact) mass is 488 g/mol. The molecule has 2 N–H and O–H groups in total. The molecular weight excluding hydrogens is 472 g/mol. The molecule has 0 aromatic heterocycles. The van der Waals surface area contributed by atoms with Gasteiger partial charge in [0.1, 0.15) is 33.1 Å². The summed E-state index contributed by atoms with van der Waals surface area (Å²) in [6.07, 6.45) is 0. The first kappa shape index (κ1) is 23.9. The fourth-order valence-electron chi connectivity index (χ4n) is 2.79. The van der Waals surface area contributed by atoms with Gasteiger partial charge in [0.25, 0.3) is 0 Å². The second-order valence-electron chi connectivity index (χ2n) is 6.57. The van der Waals surface area contributed by atoms with E-state index in [2.05, 4.69) is 9.44 Å². The van der Waals surface area contributed by atoms with Crippen molar-refractivity contribution in [1.29, 1.82) is 0 Å². The third kappa shape index (κ3) is 5.51. The molecule has 3 aromatic rings. The second-order valence-corrected chi connectivity index (χ2v) is 10.0. The number of sulfonamides is 2. The number of hydrogen-bond donors (Lipinski definition) is 2. The molecule has 0 saturated heterocycles. The van der Waals surface area contributed by atoms with Crippen molar-refractivity contribution in [1.82, 2.24) is 9.44 Å². The minimum Gasteiger partial charge on any atom is -0.207 e. The number of hydrogen-bond acceptors (Lipinski definition) is 4. The van der Waals surface area contributed by atoms with Crippen LogP contribution in [0.4, 0.5) is 17.6 Å². The summed E-state index contributed by atoms with van der Waals surface area (Å²) in [6, 6.07) is 10.2. The third-order valence-corrected chi connectivity index (χ3v) is 7.26. The quantitative estimate of drug-likeness (QED) is 0.477. The third-order valence-electron chi connectivity index (χ3n) is 4.39. The highest BCUT2D eigenvalue weighted by molar-refractivity contribution is 7.89. The Labute approximate surface area is 182 Å². The number of rotatable bonds is 8. The molecule has 0 heterocycles. The summed E-state index contributed by atoms with van der Waals surface area (Å²) in [7, 11) is -8.67. The van der Waals surface area contributed by atoms with Gasteiger partial charge in [-0.2, -0.15) is 0 Å². The van der Waals surface area contributed by atoms with Gasteiger partial charge < -0.3 is 0 Å². The van der Waals surface area contributed by atoms with Gasteiger partial charge in [-0.1, -0.05) is 24.3 Å². The van der Waals surface area contributed by atoms with E-state index in [0.717, 1.165) is 24.3 Å². The molecule has 0 radical (unpaired) electrons. The SMILES string of the molecule is O=S(=O)(NCc1ccccc1CNS(=O)(=O)c1ccc(F)cc1F)c1ccc(F)cc1F. The van der Waals surface area contributed by atoms with E-state index in [9.17, 15) is 34.4 Å². The van der Waals surface area contributed by atoms with Crippen LogP contribution in [-0.4, -0.2) is 16.8 Å². The first-order chi connectivity index (χ1) is 15.0. The average molecular weight is 488 g/mol. The fourth-order valence-corrected chi connectivity index (χ4v) is 4.92. The fraction of sp³-hybridized carbons (Fsp3) is 0.100. The number of halogens is 4. The molecule has 0 amide bonds. The van der Waals surface area contributed by atoms with Crippen molar-refractivity contribution in [3.63, 3.8) is 0 Å². The normalized spacial score (nSPS) is 12.1. The van der Waals surface area contributed by atoms with Crippen molar-refractivity contribution in [2.75, 3.05) is 0 Å². The standard InChI is InChI=1S/C20H16F4N2O4S2/c21-15-5-7-19(17(23)9-15)31(27,28)25-11-13-3-1-2-4-14(13)12-26-32(29,30)20-8-6-16(22)10-18(20)24/h1-10,25-26H,11-12H2. The van der Waals surface area contributed by atoms with Crippen LogP contribution in [0, 0.1) is 23.3 Å². The van der Waals surface area contributed by atoms with Crippen LogP contribution in [0.5, 0.6) is 0 Å². The second kappa shape index (κ2) is 9.36. The predicted octanol–water partition coefficient (Wildman–Crippen LogP) is 3.20. The lowest BCUT2D eigenvalue weighted by molar-refractivity contribution is 0.539. The van der Waals surface area contributed by atoms with Gasteiger partial charge in [0.05, 0.1) is 0 Å². The average Bonchev–Trinajstić information content (AvgIpc) is 2.71. The van der Waals surface area contributed by atoms with Crippen molar-refractivity contribution in [3.05, 3.63) is 95.1 Å². The molecule has 0 aliphatic rings. The molecule has 0 aliphatic heterocycles. The van der Waals surface area contributed by atoms with Gasteiger partial charge in [0.2, 0.25) is 20.0 Å². The zero-order valence-corrected chi connectivity index (χ0v) is 17.8. The summed E-state index contributed by atoms with van der Waals surface area (Å²) in [6.45, 7) is -0.663. The smallest absolute Gasteiger partial charge is 0.207 e. The molecule has 0 aliphatic carbocycles. The highest BCUT2D eigenvalue weighted by Gasteiger charge is 2.21. The van der Waals surface area contributed by atoms with Crippen molar-refractivity contribution in [3.8, 4) is 0 Å². The van der Waals surface area contributed by atoms with Crippen LogP contribution in [-0.2, 0) is 33.1 Å². The molecule has 0 bridgehead atoms. The van der Waals surface area contributed by atoms with Gasteiger partial charge in [0.15, 0.2) is 0 Å². The van der Waals surface area contributed by atoms with E-state index in [1.54, 1.807) is 12.1 Å². The summed E-state index contributed by atoms with van der Waals surface area (Å²) < 4.78 is 108. The molecular formula is C20H16F4N2O4S2. The lowest BCUT2D eigenvalue weighted by atomic mass is 10.1. The Kier molecular flexibility index (Phi) is 6.98. The maximum absolute atomic E-state index is 13.8. The Hall–Kier alpha value is -2.80. The Bertz CT molecular complexity index is 1260. The minimum atomic E-state index is -4.33. The van der Waals surface area contributed by atoms with Gasteiger partial charge in [-0.05, 0) is 35.4 Å². The zero-order chi connectivity index (χ0) is 23.5. The van der Waals surface area contributed by atoms with Gasteiger partial charge in [-0.15, -0.1) is 0 Å². The maximum Gasteiger partial charge on any atom is 0.243 e. The van der Waals surface area contributed by atoms with Crippen molar-refractivity contribution >= 4 is 20.0 Å². The summed E-state index contributed by atoms with van der Waals surface area (Å²) in [5, 5.41) is 0. The van der Waals surface area contributed by atoms with Crippen LogP contribution in [0.25, 0.3) is 0 Å². The molecule has 3 rings (SSSR count).